The Bertz CT molecular complexity index is 1230. The number of carbonyl (C=O) groups is 2. The Morgan fingerprint density at radius 2 is 1.85 bits per heavy atom. The number of thioether (sulfide) groups is 1. The lowest BCUT2D eigenvalue weighted by atomic mass is 10.00. The van der Waals surface area contributed by atoms with E-state index >= 15 is 0 Å². The summed E-state index contributed by atoms with van der Waals surface area (Å²) in [5.74, 6) is 0.249. The summed E-state index contributed by atoms with van der Waals surface area (Å²) in [6.45, 7) is 4.21. The maximum atomic E-state index is 12.8. The number of hydrogen-bond acceptors (Lipinski definition) is 5. The third-order valence-corrected chi connectivity index (χ3v) is 6.65. The highest BCUT2D eigenvalue weighted by Crippen LogP contribution is 2.44. The smallest absolute Gasteiger partial charge is 0.270 e. The van der Waals surface area contributed by atoms with Crippen molar-refractivity contribution < 1.29 is 14.5 Å². The average molecular weight is 462 g/mol. The maximum Gasteiger partial charge on any atom is 0.270 e. The largest absolute Gasteiger partial charge is 0.322 e. The molecule has 1 atom stereocenters. The molecule has 0 saturated carbocycles. The van der Waals surface area contributed by atoms with Crippen molar-refractivity contribution in [2.45, 2.75) is 25.1 Å². The number of rotatable bonds is 6. The van der Waals surface area contributed by atoms with E-state index in [0.29, 0.717) is 11.4 Å². The van der Waals surface area contributed by atoms with Gasteiger partial charge in [0, 0.05) is 29.1 Å². The number of nitro groups is 1. The summed E-state index contributed by atoms with van der Waals surface area (Å²) in [7, 11) is 0. The molecule has 3 aromatic rings. The highest BCUT2D eigenvalue weighted by Gasteiger charge is 2.35. The lowest BCUT2D eigenvalue weighted by molar-refractivity contribution is -0.384. The van der Waals surface area contributed by atoms with Crippen LogP contribution < -0.4 is 10.2 Å². The average Bonchev–Trinajstić information content (AvgIpc) is 3.20. The van der Waals surface area contributed by atoms with Crippen molar-refractivity contribution in [3.8, 4) is 0 Å². The SMILES string of the molecule is CC(C)c1ccccc1N1C(=O)CS[C@H]1c1cccc(NC(=O)c2cccc([N+](=O)[O-])c2)c1. The predicted octanol–water partition coefficient (Wildman–Crippen LogP) is 5.75. The summed E-state index contributed by atoms with van der Waals surface area (Å²) in [4.78, 5) is 37.8. The summed E-state index contributed by atoms with van der Waals surface area (Å²) in [6.07, 6.45) is 0. The van der Waals surface area contributed by atoms with E-state index in [9.17, 15) is 19.7 Å². The molecule has 0 aromatic heterocycles. The van der Waals surface area contributed by atoms with Crippen LogP contribution in [0.5, 0.6) is 0 Å². The summed E-state index contributed by atoms with van der Waals surface area (Å²) >= 11 is 1.54. The van der Waals surface area contributed by atoms with Gasteiger partial charge in [-0.1, -0.05) is 50.2 Å². The van der Waals surface area contributed by atoms with Gasteiger partial charge in [0.25, 0.3) is 11.6 Å². The highest BCUT2D eigenvalue weighted by atomic mass is 32.2. The minimum absolute atomic E-state index is 0.0455. The molecule has 1 N–H and O–H groups in total. The molecule has 4 rings (SSSR count). The minimum Gasteiger partial charge on any atom is -0.322 e. The van der Waals surface area contributed by atoms with E-state index in [4.69, 9.17) is 0 Å². The monoisotopic (exact) mass is 461 g/mol. The Labute approximate surface area is 196 Å². The highest BCUT2D eigenvalue weighted by molar-refractivity contribution is 8.00. The number of hydrogen-bond donors (Lipinski definition) is 1. The molecule has 1 saturated heterocycles. The van der Waals surface area contributed by atoms with E-state index < -0.39 is 10.8 Å². The van der Waals surface area contributed by atoms with E-state index in [2.05, 4.69) is 19.2 Å². The van der Waals surface area contributed by atoms with E-state index in [0.717, 1.165) is 16.8 Å². The molecule has 1 fully saturated rings. The lowest BCUT2D eigenvalue weighted by Gasteiger charge is -2.28. The number of amides is 2. The Morgan fingerprint density at radius 1 is 1.09 bits per heavy atom. The third-order valence-electron chi connectivity index (χ3n) is 5.43. The molecule has 7 nitrogen and oxygen atoms in total. The first kappa shape index (κ1) is 22.5. The van der Waals surface area contributed by atoms with Crippen molar-refractivity contribution in [2.75, 3.05) is 16.0 Å². The van der Waals surface area contributed by atoms with Crippen molar-refractivity contribution in [1.82, 2.24) is 0 Å². The second-order valence-electron chi connectivity index (χ2n) is 8.03. The normalized spacial score (nSPS) is 15.7. The van der Waals surface area contributed by atoms with Gasteiger partial charge in [0.2, 0.25) is 5.91 Å². The van der Waals surface area contributed by atoms with Crippen LogP contribution in [0, 0.1) is 10.1 Å². The molecule has 0 aliphatic carbocycles. The molecule has 33 heavy (non-hydrogen) atoms. The number of nitro benzene ring substituents is 1. The number of nitrogens with one attached hydrogen (secondary N) is 1. The first-order chi connectivity index (χ1) is 15.8. The summed E-state index contributed by atoms with van der Waals surface area (Å²) in [5.41, 5.74) is 3.51. The molecule has 0 unspecified atom stereocenters. The van der Waals surface area contributed by atoms with Crippen molar-refractivity contribution in [1.29, 1.82) is 0 Å². The van der Waals surface area contributed by atoms with Gasteiger partial charge in [-0.15, -0.1) is 11.8 Å². The van der Waals surface area contributed by atoms with Gasteiger partial charge in [-0.25, -0.2) is 0 Å². The van der Waals surface area contributed by atoms with Gasteiger partial charge in [0.15, 0.2) is 0 Å². The number of non-ortho nitro benzene ring substituents is 1. The summed E-state index contributed by atoms with van der Waals surface area (Å²) in [6, 6.07) is 20.9. The van der Waals surface area contributed by atoms with Crippen LogP contribution in [0.25, 0.3) is 0 Å². The van der Waals surface area contributed by atoms with E-state index in [-0.39, 0.29) is 28.4 Å². The third kappa shape index (κ3) is 4.75. The van der Waals surface area contributed by atoms with E-state index in [1.807, 2.05) is 47.4 Å². The van der Waals surface area contributed by atoms with Crippen LogP contribution in [-0.4, -0.2) is 22.5 Å². The van der Waals surface area contributed by atoms with Gasteiger partial charge in [-0.05, 0) is 41.3 Å². The number of carbonyl (C=O) groups excluding carboxylic acids is 2. The van der Waals surface area contributed by atoms with Gasteiger partial charge in [0.1, 0.15) is 5.37 Å². The van der Waals surface area contributed by atoms with Crippen molar-refractivity contribution in [3.05, 3.63) is 99.6 Å². The summed E-state index contributed by atoms with van der Waals surface area (Å²) < 4.78 is 0. The fourth-order valence-electron chi connectivity index (χ4n) is 3.86. The predicted molar refractivity (Wildman–Crippen MR) is 131 cm³/mol. The Balaban J connectivity index is 1.61. The number of nitrogens with zero attached hydrogens (tertiary/aromatic N) is 2. The molecule has 3 aromatic carbocycles. The molecule has 8 heteroatoms. The van der Waals surface area contributed by atoms with Crippen LogP contribution in [0.1, 0.15) is 46.6 Å². The first-order valence-electron chi connectivity index (χ1n) is 10.5. The fourth-order valence-corrected chi connectivity index (χ4v) is 5.02. The molecular weight excluding hydrogens is 438 g/mol. The second kappa shape index (κ2) is 9.46. The topological polar surface area (TPSA) is 92.6 Å². The van der Waals surface area contributed by atoms with Crippen LogP contribution >= 0.6 is 11.8 Å². The van der Waals surface area contributed by atoms with Crippen molar-refractivity contribution in [2.24, 2.45) is 0 Å². The van der Waals surface area contributed by atoms with Gasteiger partial charge in [0.05, 0.1) is 10.7 Å². The lowest BCUT2D eigenvalue weighted by Crippen LogP contribution is -2.29. The van der Waals surface area contributed by atoms with Crippen LogP contribution in [-0.2, 0) is 4.79 Å². The van der Waals surface area contributed by atoms with Crippen LogP contribution in [0.2, 0.25) is 0 Å². The zero-order chi connectivity index (χ0) is 23.5. The van der Waals surface area contributed by atoms with Crippen LogP contribution in [0.4, 0.5) is 17.1 Å². The number of anilines is 2. The molecular formula is C25H23N3O4S. The van der Waals surface area contributed by atoms with Gasteiger partial charge in [-0.3, -0.25) is 24.6 Å². The van der Waals surface area contributed by atoms with Crippen LogP contribution in [0.15, 0.2) is 72.8 Å². The molecule has 0 spiro atoms. The van der Waals surface area contributed by atoms with E-state index in [1.54, 1.807) is 17.8 Å². The van der Waals surface area contributed by atoms with Crippen molar-refractivity contribution in [3.63, 3.8) is 0 Å². The van der Waals surface area contributed by atoms with Crippen LogP contribution in [0.3, 0.4) is 0 Å². The Morgan fingerprint density at radius 3 is 2.61 bits per heavy atom. The quantitative estimate of drug-likeness (QED) is 0.373. The zero-order valence-corrected chi connectivity index (χ0v) is 19.0. The number of benzene rings is 3. The molecule has 0 bridgehead atoms. The maximum absolute atomic E-state index is 12.8. The first-order valence-corrected chi connectivity index (χ1v) is 11.6. The second-order valence-corrected chi connectivity index (χ2v) is 9.10. The Kier molecular flexibility index (Phi) is 6.46. The number of para-hydroxylation sites is 1. The molecule has 1 heterocycles. The van der Waals surface area contributed by atoms with Gasteiger partial charge in [-0.2, -0.15) is 0 Å². The summed E-state index contributed by atoms with van der Waals surface area (Å²) in [5, 5.41) is 13.6. The molecule has 2 amide bonds. The molecule has 0 radical (unpaired) electrons. The van der Waals surface area contributed by atoms with Gasteiger partial charge >= 0.3 is 0 Å². The molecule has 168 valence electrons. The van der Waals surface area contributed by atoms with Crippen molar-refractivity contribution >= 4 is 40.6 Å². The standard InChI is InChI=1S/C25H23N3O4S/c1-16(2)21-11-3-4-12-22(21)27-23(29)15-33-25(27)18-8-5-9-19(13-18)26-24(30)17-7-6-10-20(14-17)28(31)32/h3-14,16,25H,15H2,1-2H3,(H,26,30)/t25-/m0/s1. The zero-order valence-electron chi connectivity index (χ0n) is 18.2. The fraction of sp³-hybridized carbons (Fsp3) is 0.200. The Hall–Kier alpha value is -3.65. The van der Waals surface area contributed by atoms with E-state index in [1.165, 1.54) is 24.3 Å². The van der Waals surface area contributed by atoms with Gasteiger partial charge < -0.3 is 5.32 Å². The molecule has 1 aliphatic heterocycles. The molecule has 1 aliphatic rings. The minimum atomic E-state index is -0.532.